The van der Waals surface area contributed by atoms with Crippen molar-refractivity contribution in [2.24, 2.45) is 0 Å². The number of amides is 3. The van der Waals surface area contributed by atoms with Gasteiger partial charge < -0.3 is 20.3 Å². The smallest absolute Gasteiger partial charge is 0.251 e. The second kappa shape index (κ2) is 8.92. The van der Waals surface area contributed by atoms with Crippen LogP contribution >= 0.6 is 0 Å². The lowest BCUT2D eigenvalue weighted by molar-refractivity contribution is -0.136. The van der Waals surface area contributed by atoms with E-state index in [-0.39, 0.29) is 35.8 Å². The molecule has 0 saturated carbocycles. The number of piperazine rings is 1. The average Bonchev–Trinajstić information content (AvgIpc) is 3.19. The minimum atomic E-state index is -0.242. The third kappa shape index (κ3) is 4.59. The van der Waals surface area contributed by atoms with Crippen LogP contribution in [0.3, 0.4) is 0 Å². The predicted molar refractivity (Wildman–Crippen MR) is 106 cm³/mol. The van der Waals surface area contributed by atoms with E-state index in [4.69, 9.17) is 4.74 Å². The van der Waals surface area contributed by atoms with Crippen molar-refractivity contribution < 1.29 is 19.1 Å². The van der Waals surface area contributed by atoms with E-state index in [1.807, 2.05) is 23.1 Å². The van der Waals surface area contributed by atoms with Crippen LogP contribution < -0.4 is 10.6 Å². The van der Waals surface area contributed by atoms with Gasteiger partial charge in [0.15, 0.2) is 0 Å². The zero-order valence-corrected chi connectivity index (χ0v) is 16.5. The molecule has 3 heterocycles. The number of rotatable bonds is 5. The normalized spacial score (nSPS) is 27.2. The van der Waals surface area contributed by atoms with Crippen LogP contribution in [-0.2, 0) is 14.3 Å². The van der Waals surface area contributed by atoms with E-state index < -0.39 is 0 Å². The Balaban J connectivity index is 1.33. The summed E-state index contributed by atoms with van der Waals surface area (Å²) in [5, 5.41) is 6.03. The van der Waals surface area contributed by atoms with Crippen LogP contribution in [-0.4, -0.2) is 85.0 Å². The Bertz CT molecular complexity index is 750. The molecule has 3 saturated heterocycles. The molecule has 8 heteroatoms. The summed E-state index contributed by atoms with van der Waals surface area (Å²) in [4.78, 5) is 41.3. The molecular weight excluding hydrogens is 372 g/mol. The van der Waals surface area contributed by atoms with Crippen LogP contribution in [0.4, 0.5) is 0 Å². The predicted octanol–water partition coefficient (Wildman–Crippen LogP) is -0.00330. The van der Waals surface area contributed by atoms with E-state index >= 15 is 0 Å². The van der Waals surface area contributed by atoms with Gasteiger partial charge in [-0.2, -0.15) is 0 Å². The molecule has 29 heavy (non-hydrogen) atoms. The Morgan fingerprint density at radius 3 is 2.69 bits per heavy atom. The zero-order chi connectivity index (χ0) is 20.2. The van der Waals surface area contributed by atoms with Crippen LogP contribution in [0.5, 0.6) is 0 Å². The van der Waals surface area contributed by atoms with Crippen LogP contribution in [0.1, 0.15) is 29.6 Å². The topological polar surface area (TPSA) is 91.0 Å². The molecule has 156 valence electrons. The Morgan fingerprint density at radius 1 is 1.17 bits per heavy atom. The number of morpholine rings is 1. The summed E-state index contributed by atoms with van der Waals surface area (Å²) in [5.74, 6) is 0.0435. The van der Waals surface area contributed by atoms with Gasteiger partial charge in [0.1, 0.15) is 0 Å². The number of hydrogen-bond acceptors (Lipinski definition) is 5. The van der Waals surface area contributed by atoms with Crippen LogP contribution in [0.2, 0.25) is 0 Å². The largest absolute Gasteiger partial charge is 0.378 e. The van der Waals surface area contributed by atoms with Crippen molar-refractivity contribution in [1.82, 2.24) is 20.4 Å². The highest BCUT2D eigenvalue weighted by molar-refractivity contribution is 5.94. The van der Waals surface area contributed by atoms with E-state index in [9.17, 15) is 14.4 Å². The maximum atomic E-state index is 12.5. The highest BCUT2D eigenvalue weighted by Gasteiger charge is 2.43. The molecule has 4 rings (SSSR count). The van der Waals surface area contributed by atoms with Gasteiger partial charge in [-0.15, -0.1) is 0 Å². The number of carbonyl (C=O) groups is 3. The van der Waals surface area contributed by atoms with Gasteiger partial charge in [0.25, 0.3) is 5.91 Å². The quantitative estimate of drug-likeness (QED) is 0.726. The Hall–Kier alpha value is -2.45. The number of ether oxygens (including phenoxy) is 1. The number of nitrogens with one attached hydrogen (secondary N) is 2. The molecule has 3 amide bonds. The van der Waals surface area contributed by atoms with Crippen LogP contribution in [0.15, 0.2) is 30.3 Å². The van der Waals surface area contributed by atoms with Crippen molar-refractivity contribution in [3.8, 4) is 0 Å². The number of nitrogens with zero attached hydrogens (tertiary/aromatic N) is 2. The van der Waals surface area contributed by atoms with Crippen molar-refractivity contribution in [2.45, 2.75) is 37.4 Å². The number of carbonyl (C=O) groups excluding carboxylic acids is 3. The van der Waals surface area contributed by atoms with Gasteiger partial charge in [-0.05, 0) is 25.0 Å². The molecule has 1 aromatic carbocycles. The van der Waals surface area contributed by atoms with Gasteiger partial charge in [0, 0.05) is 50.2 Å². The molecule has 0 aromatic heterocycles. The zero-order valence-electron chi connectivity index (χ0n) is 16.5. The highest BCUT2D eigenvalue weighted by atomic mass is 16.5. The summed E-state index contributed by atoms with van der Waals surface area (Å²) in [6.07, 6.45) is 1.76. The first kappa shape index (κ1) is 19.8. The molecule has 0 radical (unpaired) electrons. The average molecular weight is 400 g/mol. The fourth-order valence-corrected chi connectivity index (χ4v) is 4.47. The van der Waals surface area contributed by atoms with Gasteiger partial charge in [0.2, 0.25) is 11.8 Å². The van der Waals surface area contributed by atoms with Gasteiger partial charge in [0.05, 0.1) is 19.3 Å². The van der Waals surface area contributed by atoms with E-state index in [0.717, 1.165) is 0 Å². The standard InChI is InChI=1S/C21H28N4O4/c26-19(24-8-10-29-11-9-24)7-6-17-13-22-21(28)18-12-16(14-25(17)18)23-20(27)15-4-2-1-3-5-15/h1-5,16-18H,6-14H2,(H,22,28)(H,23,27)/t16-,17-,18+/m1/s1. The van der Waals surface area contributed by atoms with Crippen molar-refractivity contribution in [3.63, 3.8) is 0 Å². The Labute approximate surface area is 170 Å². The molecule has 0 unspecified atom stereocenters. The van der Waals surface area contributed by atoms with Gasteiger partial charge in [-0.25, -0.2) is 0 Å². The molecule has 1 aromatic rings. The van der Waals surface area contributed by atoms with Gasteiger partial charge in [-0.1, -0.05) is 18.2 Å². The molecular formula is C21H28N4O4. The van der Waals surface area contributed by atoms with E-state index in [1.165, 1.54) is 0 Å². The first-order valence-corrected chi connectivity index (χ1v) is 10.4. The summed E-state index contributed by atoms with van der Waals surface area (Å²) in [7, 11) is 0. The fraction of sp³-hybridized carbons (Fsp3) is 0.571. The molecule has 8 nitrogen and oxygen atoms in total. The van der Waals surface area contributed by atoms with Crippen molar-refractivity contribution in [2.75, 3.05) is 39.4 Å². The number of benzene rings is 1. The first-order valence-electron chi connectivity index (χ1n) is 10.4. The SMILES string of the molecule is O=C(N[C@@H]1C[C@H]2C(=O)NC[C@@H](CCC(=O)N3CCOCC3)N2C1)c1ccccc1. The number of hydrogen-bond donors (Lipinski definition) is 2. The van der Waals surface area contributed by atoms with Crippen molar-refractivity contribution >= 4 is 17.7 Å². The summed E-state index contributed by atoms with van der Waals surface area (Å²) < 4.78 is 5.30. The minimum Gasteiger partial charge on any atom is -0.378 e. The lowest BCUT2D eigenvalue weighted by Gasteiger charge is -2.37. The molecule has 3 aliphatic heterocycles. The van der Waals surface area contributed by atoms with Crippen LogP contribution in [0, 0.1) is 0 Å². The van der Waals surface area contributed by atoms with E-state index in [1.54, 1.807) is 12.1 Å². The Morgan fingerprint density at radius 2 is 1.93 bits per heavy atom. The second-order valence-electron chi connectivity index (χ2n) is 7.92. The lowest BCUT2D eigenvalue weighted by Crippen LogP contribution is -2.58. The molecule has 0 aliphatic carbocycles. The van der Waals surface area contributed by atoms with Crippen molar-refractivity contribution in [1.29, 1.82) is 0 Å². The summed E-state index contributed by atoms with van der Waals surface area (Å²) in [5.41, 5.74) is 0.620. The molecule has 3 atom stereocenters. The highest BCUT2D eigenvalue weighted by Crippen LogP contribution is 2.26. The van der Waals surface area contributed by atoms with E-state index in [0.29, 0.717) is 64.2 Å². The molecule has 0 bridgehead atoms. The van der Waals surface area contributed by atoms with Gasteiger partial charge in [-0.3, -0.25) is 19.3 Å². The molecule has 0 spiro atoms. The Kier molecular flexibility index (Phi) is 6.10. The third-order valence-electron chi connectivity index (χ3n) is 6.05. The monoisotopic (exact) mass is 400 g/mol. The minimum absolute atomic E-state index is 0.0113. The van der Waals surface area contributed by atoms with E-state index in [2.05, 4.69) is 15.5 Å². The third-order valence-corrected chi connectivity index (χ3v) is 6.05. The second-order valence-corrected chi connectivity index (χ2v) is 7.92. The summed E-state index contributed by atoms with van der Waals surface area (Å²) in [6, 6.07) is 8.90. The fourth-order valence-electron chi connectivity index (χ4n) is 4.47. The maximum Gasteiger partial charge on any atom is 0.251 e. The molecule has 2 N–H and O–H groups in total. The lowest BCUT2D eigenvalue weighted by atomic mass is 10.0. The number of fused-ring (bicyclic) bond motifs is 1. The summed E-state index contributed by atoms with van der Waals surface area (Å²) >= 11 is 0. The van der Waals surface area contributed by atoms with Crippen LogP contribution in [0.25, 0.3) is 0 Å². The van der Waals surface area contributed by atoms with Crippen molar-refractivity contribution in [3.05, 3.63) is 35.9 Å². The molecule has 3 aliphatic rings. The first-order chi connectivity index (χ1) is 14.1. The maximum absolute atomic E-state index is 12.5. The summed E-state index contributed by atoms with van der Waals surface area (Å²) in [6.45, 7) is 3.68. The van der Waals surface area contributed by atoms with Gasteiger partial charge >= 0.3 is 0 Å². The molecule has 3 fully saturated rings.